The highest BCUT2D eigenvalue weighted by Gasteiger charge is 2.19. The van der Waals surface area contributed by atoms with Crippen LogP contribution in [0.5, 0.6) is 5.75 Å². The van der Waals surface area contributed by atoms with E-state index in [0.717, 1.165) is 13.0 Å². The van der Waals surface area contributed by atoms with Crippen molar-refractivity contribution in [2.75, 3.05) is 18.9 Å². The number of anilines is 1. The van der Waals surface area contributed by atoms with Crippen molar-refractivity contribution >= 4 is 11.6 Å². The van der Waals surface area contributed by atoms with Crippen molar-refractivity contribution in [3.63, 3.8) is 0 Å². The second-order valence-corrected chi connectivity index (χ2v) is 4.06. The van der Waals surface area contributed by atoms with E-state index in [1.165, 1.54) is 0 Å². The van der Waals surface area contributed by atoms with Gasteiger partial charge >= 0.3 is 0 Å². The van der Waals surface area contributed by atoms with Gasteiger partial charge in [-0.25, -0.2) is 0 Å². The fourth-order valence-corrected chi connectivity index (χ4v) is 1.81. The Morgan fingerprint density at radius 1 is 1.44 bits per heavy atom. The maximum atomic E-state index is 11.2. The highest BCUT2D eigenvalue weighted by Crippen LogP contribution is 2.22. The molecule has 1 amide bonds. The first-order valence-electron chi connectivity index (χ1n) is 5.49. The van der Waals surface area contributed by atoms with Crippen LogP contribution in [0.15, 0.2) is 24.3 Å². The van der Waals surface area contributed by atoms with E-state index in [0.29, 0.717) is 30.4 Å². The fraction of sp³-hybridized carbons (Fsp3) is 0.417. The van der Waals surface area contributed by atoms with Crippen molar-refractivity contribution in [3.05, 3.63) is 24.3 Å². The fourth-order valence-electron chi connectivity index (χ4n) is 1.81. The Bertz CT molecular complexity index is 379. The molecule has 0 aliphatic carbocycles. The molecule has 0 aromatic heterocycles. The molecule has 1 aliphatic heterocycles. The molecule has 4 heteroatoms. The lowest BCUT2D eigenvalue weighted by atomic mass is 9.99. The number of carbonyl (C=O) groups excluding carboxylic acids is 1. The summed E-state index contributed by atoms with van der Waals surface area (Å²) in [6.45, 7) is 1.30. The van der Waals surface area contributed by atoms with Crippen molar-refractivity contribution in [2.24, 2.45) is 5.92 Å². The summed E-state index contributed by atoms with van der Waals surface area (Å²) in [7, 11) is 0. The molecular formula is C12H16N2O2. The quantitative estimate of drug-likeness (QED) is 0.752. The van der Waals surface area contributed by atoms with Crippen molar-refractivity contribution < 1.29 is 9.53 Å². The van der Waals surface area contributed by atoms with Gasteiger partial charge in [0, 0.05) is 18.9 Å². The summed E-state index contributed by atoms with van der Waals surface area (Å²) >= 11 is 0. The number of nitrogens with one attached hydrogen (secondary N) is 1. The number of carbonyl (C=O) groups is 1. The van der Waals surface area contributed by atoms with Gasteiger partial charge in [0.15, 0.2) is 0 Å². The van der Waals surface area contributed by atoms with E-state index in [1.54, 1.807) is 0 Å². The van der Waals surface area contributed by atoms with E-state index in [4.69, 9.17) is 10.5 Å². The highest BCUT2D eigenvalue weighted by molar-refractivity contribution is 5.76. The summed E-state index contributed by atoms with van der Waals surface area (Å²) in [6, 6.07) is 7.41. The Morgan fingerprint density at radius 2 is 2.25 bits per heavy atom. The molecule has 1 aromatic rings. The number of nitrogens with two attached hydrogens (primary N) is 1. The first kappa shape index (κ1) is 10.8. The normalized spacial score (nSPS) is 20.2. The zero-order chi connectivity index (χ0) is 11.4. The van der Waals surface area contributed by atoms with Gasteiger partial charge in [-0.15, -0.1) is 0 Å². The largest absolute Gasteiger partial charge is 0.491 e. The third-order valence-electron chi connectivity index (χ3n) is 2.74. The minimum atomic E-state index is 0.112. The molecule has 1 atom stereocenters. The lowest BCUT2D eigenvalue weighted by molar-refractivity contribution is -0.123. The Kier molecular flexibility index (Phi) is 3.29. The van der Waals surface area contributed by atoms with E-state index in [1.807, 2.05) is 24.3 Å². The van der Waals surface area contributed by atoms with Crippen molar-refractivity contribution in [1.29, 1.82) is 0 Å². The first-order chi connectivity index (χ1) is 7.75. The molecule has 16 heavy (non-hydrogen) atoms. The summed E-state index contributed by atoms with van der Waals surface area (Å²) in [4.78, 5) is 11.2. The Hall–Kier alpha value is -1.71. The van der Waals surface area contributed by atoms with Crippen molar-refractivity contribution in [3.8, 4) is 5.75 Å². The van der Waals surface area contributed by atoms with Crippen LogP contribution in [0, 0.1) is 5.92 Å². The summed E-state index contributed by atoms with van der Waals surface area (Å²) in [5, 5.41) is 2.80. The first-order valence-corrected chi connectivity index (χ1v) is 5.49. The van der Waals surface area contributed by atoms with Gasteiger partial charge in [-0.1, -0.05) is 12.1 Å². The second kappa shape index (κ2) is 4.88. The van der Waals surface area contributed by atoms with Gasteiger partial charge in [-0.3, -0.25) is 4.79 Å². The van der Waals surface area contributed by atoms with E-state index in [-0.39, 0.29) is 5.91 Å². The Morgan fingerprint density at radius 3 is 3.00 bits per heavy atom. The van der Waals surface area contributed by atoms with Crippen molar-refractivity contribution in [2.45, 2.75) is 12.8 Å². The average molecular weight is 220 g/mol. The third-order valence-corrected chi connectivity index (χ3v) is 2.74. The van der Waals surface area contributed by atoms with Crippen molar-refractivity contribution in [1.82, 2.24) is 5.32 Å². The van der Waals surface area contributed by atoms with Gasteiger partial charge in [0.1, 0.15) is 5.75 Å². The number of para-hydroxylation sites is 2. The highest BCUT2D eigenvalue weighted by atomic mass is 16.5. The smallest absolute Gasteiger partial charge is 0.220 e. The molecule has 0 spiro atoms. The molecule has 1 heterocycles. The molecule has 0 bridgehead atoms. The van der Waals surface area contributed by atoms with Gasteiger partial charge in [0.25, 0.3) is 0 Å². The molecule has 86 valence electrons. The van der Waals surface area contributed by atoms with Crippen LogP contribution in [-0.2, 0) is 4.79 Å². The van der Waals surface area contributed by atoms with Crippen LogP contribution >= 0.6 is 0 Å². The van der Waals surface area contributed by atoms with E-state index < -0.39 is 0 Å². The zero-order valence-corrected chi connectivity index (χ0v) is 9.11. The summed E-state index contributed by atoms with van der Waals surface area (Å²) in [6.07, 6.45) is 1.52. The molecule has 1 aromatic carbocycles. The molecular weight excluding hydrogens is 204 g/mol. The van der Waals surface area contributed by atoms with Gasteiger partial charge in [-0.05, 0) is 18.6 Å². The third kappa shape index (κ3) is 2.66. The maximum absolute atomic E-state index is 11.2. The molecule has 4 nitrogen and oxygen atoms in total. The topological polar surface area (TPSA) is 64.3 Å². The zero-order valence-electron chi connectivity index (χ0n) is 9.11. The van der Waals surface area contributed by atoms with Crippen LogP contribution in [0.2, 0.25) is 0 Å². The standard InChI is InChI=1S/C12H16N2O2/c13-10-3-1-2-4-11(10)16-8-9-5-6-14-12(15)7-9/h1-4,9H,5-8,13H2,(H,14,15). The lowest BCUT2D eigenvalue weighted by Crippen LogP contribution is -2.35. The van der Waals surface area contributed by atoms with Gasteiger partial charge in [0.2, 0.25) is 5.91 Å². The van der Waals surface area contributed by atoms with Crippen LogP contribution in [-0.4, -0.2) is 19.1 Å². The van der Waals surface area contributed by atoms with E-state index >= 15 is 0 Å². The van der Waals surface area contributed by atoms with Crippen LogP contribution in [0.3, 0.4) is 0 Å². The predicted molar refractivity (Wildman–Crippen MR) is 62.1 cm³/mol. The molecule has 0 saturated carbocycles. The molecule has 2 rings (SSSR count). The number of ether oxygens (including phenoxy) is 1. The minimum Gasteiger partial charge on any atom is -0.491 e. The predicted octanol–water partition coefficient (Wildman–Crippen LogP) is 1.17. The summed E-state index contributed by atoms with van der Waals surface area (Å²) in [5.41, 5.74) is 6.40. The maximum Gasteiger partial charge on any atom is 0.220 e. The lowest BCUT2D eigenvalue weighted by Gasteiger charge is -2.22. The number of hydrogen-bond donors (Lipinski definition) is 2. The monoisotopic (exact) mass is 220 g/mol. The SMILES string of the molecule is Nc1ccccc1OCC1CCNC(=O)C1. The Balaban J connectivity index is 1.87. The number of hydrogen-bond acceptors (Lipinski definition) is 3. The number of nitrogen functional groups attached to an aromatic ring is 1. The molecule has 1 aliphatic rings. The average Bonchev–Trinajstić information content (AvgIpc) is 2.28. The van der Waals surface area contributed by atoms with Gasteiger partial charge in [-0.2, -0.15) is 0 Å². The van der Waals surface area contributed by atoms with Crippen LogP contribution in [0.4, 0.5) is 5.69 Å². The summed E-state index contributed by atoms with van der Waals surface area (Å²) < 4.78 is 5.62. The number of rotatable bonds is 3. The molecule has 0 radical (unpaired) electrons. The summed E-state index contributed by atoms with van der Waals surface area (Å²) in [5.74, 6) is 1.11. The molecule has 3 N–H and O–H groups in total. The second-order valence-electron chi connectivity index (χ2n) is 4.06. The van der Waals surface area contributed by atoms with E-state index in [2.05, 4.69) is 5.32 Å². The molecule has 1 fully saturated rings. The van der Waals surface area contributed by atoms with Gasteiger partial charge < -0.3 is 15.8 Å². The molecule has 1 saturated heterocycles. The van der Waals surface area contributed by atoms with Crippen LogP contribution in [0.25, 0.3) is 0 Å². The van der Waals surface area contributed by atoms with Crippen LogP contribution < -0.4 is 15.8 Å². The molecule has 1 unspecified atom stereocenters. The minimum absolute atomic E-state index is 0.112. The van der Waals surface area contributed by atoms with Gasteiger partial charge in [0.05, 0.1) is 12.3 Å². The number of benzene rings is 1. The van der Waals surface area contributed by atoms with Crippen LogP contribution in [0.1, 0.15) is 12.8 Å². The number of amides is 1. The Labute approximate surface area is 94.8 Å². The number of piperidine rings is 1. The van der Waals surface area contributed by atoms with E-state index in [9.17, 15) is 4.79 Å².